The van der Waals surface area contributed by atoms with Gasteiger partial charge < -0.3 is 0 Å². The van der Waals surface area contributed by atoms with Crippen molar-refractivity contribution in [1.82, 2.24) is 0 Å². The zero-order chi connectivity index (χ0) is 11.5. The molecule has 1 heteroatoms. The molecule has 0 saturated heterocycles. The van der Waals surface area contributed by atoms with Crippen LogP contribution in [0.5, 0.6) is 0 Å². The third-order valence-electron chi connectivity index (χ3n) is 1.95. The van der Waals surface area contributed by atoms with Crippen LogP contribution in [0.1, 0.15) is 33.6 Å². The molecule has 0 unspecified atom stereocenters. The van der Waals surface area contributed by atoms with Gasteiger partial charge in [0.25, 0.3) is 0 Å². The molecule has 0 spiro atoms. The molecule has 0 saturated carbocycles. The molecule has 0 aromatic carbocycles. The molecular weight excluding hydrogens is 200 g/mol. The second-order valence-corrected chi connectivity index (χ2v) is 4.55. The molecule has 0 rings (SSSR count). The van der Waals surface area contributed by atoms with Gasteiger partial charge in [0, 0.05) is 4.91 Å². The maximum atomic E-state index is 3.73. The largest absolute Gasteiger partial charge is 0.126 e. The molecule has 0 aliphatic carbocycles. The number of rotatable bonds is 7. The SMILES string of the molecule is C=C\C=C(/C=C\C=C(/C)CC)SCCC. The van der Waals surface area contributed by atoms with Crippen molar-refractivity contribution >= 4 is 11.8 Å². The Bertz CT molecular complexity index is 257. The topological polar surface area (TPSA) is 0 Å². The molecule has 0 heterocycles. The van der Waals surface area contributed by atoms with Gasteiger partial charge in [-0.2, -0.15) is 0 Å². The summed E-state index contributed by atoms with van der Waals surface area (Å²) >= 11 is 1.88. The molecule has 15 heavy (non-hydrogen) atoms. The van der Waals surface area contributed by atoms with E-state index in [1.54, 1.807) is 0 Å². The van der Waals surface area contributed by atoms with E-state index in [9.17, 15) is 0 Å². The molecule has 0 aromatic rings. The van der Waals surface area contributed by atoms with Gasteiger partial charge >= 0.3 is 0 Å². The third-order valence-corrected chi connectivity index (χ3v) is 3.17. The van der Waals surface area contributed by atoms with E-state index >= 15 is 0 Å². The first kappa shape index (κ1) is 14.3. The fourth-order valence-corrected chi connectivity index (χ4v) is 1.72. The monoisotopic (exact) mass is 222 g/mol. The number of hydrogen-bond donors (Lipinski definition) is 0. The summed E-state index contributed by atoms with van der Waals surface area (Å²) < 4.78 is 0. The van der Waals surface area contributed by atoms with Crippen LogP contribution in [0, 0.1) is 0 Å². The van der Waals surface area contributed by atoms with Crippen LogP contribution < -0.4 is 0 Å². The highest BCUT2D eigenvalue weighted by molar-refractivity contribution is 8.03. The first-order chi connectivity index (χ1) is 7.24. The maximum Gasteiger partial charge on any atom is 0.00717 e. The second-order valence-electron chi connectivity index (χ2n) is 3.38. The lowest BCUT2D eigenvalue weighted by molar-refractivity contribution is 1.10. The molecule has 0 N–H and O–H groups in total. The van der Waals surface area contributed by atoms with Crippen LogP contribution in [-0.4, -0.2) is 5.75 Å². The van der Waals surface area contributed by atoms with Crippen LogP contribution >= 0.6 is 11.8 Å². The van der Waals surface area contributed by atoms with Crippen LogP contribution in [0.2, 0.25) is 0 Å². The van der Waals surface area contributed by atoms with E-state index in [-0.39, 0.29) is 0 Å². The lowest BCUT2D eigenvalue weighted by Crippen LogP contribution is -1.76. The van der Waals surface area contributed by atoms with Crippen LogP contribution in [0.4, 0.5) is 0 Å². The Labute approximate surface area is 98.8 Å². The summed E-state index contributed by atoms with van der Waals surface area (Å²) in [5, 5.41) is 0. The lowest BCUT2D eigenvalue weighted by Gasteiger charge is -1.98. The lowest BCUT2D eigenvalue weighted by atomic mass is 10.2. The molecule has 0 bridgehead atoms. The Hall–Kier alpha value is -0.690. The first-order valence-electron chi connectivity index (χ1n) is 5.53. The van der Waals surface area contributed by atoms with Crippen LogP contribution in [-0.2, 0) is 0 Å². The molecule has 0 aliphatic rings. The molecule has 0 aliphatic heterocycles. The molecule has 0 fully saturated rings. The van der Waals surface area contributed by atoms with Gasteiger partial charge in [-0.1, -0.05) is 44.2 Å². The van der Waals surface area contributed by atoms with E-state index in [4.69, 9.17) is 0 Å². The predicted octanol–water partition coefficient (Wildman–Crippen LogP) is 5.11. The minimum atomic E-state index is 1.12. The third kappa shape index (κ3) is 8.31. The molecule has 0 nitrogen and oxygen atoms in total. The zero-order valence-corrected chi connectivity index (χ0v) is 10.9. The smallest absolute Gasteiger partial charge is 0.00717 e. The molecule has 84 valence electrons. The summed E-state index contributed by atoms with van der Waals surface area (Å²) in [7, 11) is 0. The standard InChI is InChI=1S/C14H22S/c1-5-9-14(15-12-6-2)11-8-10-13(4)7-3/h5,8-11H,1,6-7,12H2,2-4H3/b11-8-,13-10+,14-9+. The van der Waals surface area contributed by atoms with Crippen LogP contribution in [0.15, 0.2) is 47.4 Å². The van der Waals surface area contributed by atoms with Crippen LogP contribution in [0.3, 0.4) is 0 Å². The number of hydrogen-bond acceptors (Lipinski definition) is 1. The second kappa shape index (κ2) is 9.85. The molecule has 0 aromatic heterocycles. The van der Waals surface area contributed by atoms with Gasteiger partial charge in [-0.05, 0) is 37.7 Å². The molecule has 0 amide bonds. The zero-order valence-electron chi connectivity index (χ0n) is 10.1. The highest BCUT2D eigenvalue weighted by Crippen LogP contribution is 2.18. The minimum absolute atomic E-state index is 1.12. The highest BCUT2D eigenvalue weighted by Gasteiger charge is 1.90. The van der Waals surface area contributed by atoms with E-state index in [0.29, 0.717) is 0 Å². The highest BCUT2D eigenvalue weighted by atomic mass is 32.2. The number of thioether (sulfide) groups is 1. The van der Waals surface area contributed by atoms with Gasteiger partial charge in [0.05, 0.1) is 0 Å². The molecule has 0 radical (unpaired) electrons. The van der Waals surface area contributed by atoms with Crippen molar-refractivity contribution in [2.75, 3.05) is 5.75 Å². The number of allylic oxidation sites excluding steroid dienone is 6. The van der Waals surface area contributed by atoms with E-state index in [1.807, 2.05) is 17.8 Å². The predicted molar refractivity (Wildman–Crippen MR) is 74.2 cm³/mol. The Morgan fingerprint density at radius 1 is 1.27 bits per heavy atom. The van der Waals surface area contributed by atoms with E-state index in [2.05, 4.69) is 51.7 Å². The quantitative estimate of drug-likeness (QED) is 0.539. The fourth-order valence-electron chi connectivity index (χ4n) is 0.913. The summed E-state index contributed by atoms with van der Waals surface area (Å²) in [5.74, 6) is 1.17. The average molecular weight is 222 g/mol. The normalized spacial score (nSPS) is 13.5. The van der Waals surface area contributed by atoms with Gasteiger partial charge in [-0.25, -0.2) is 0 Å². The van der Waals surface area contributed by atoms with Crippen molar-refractivity contribution in [3.05, 3.63) is 47.4 Å². The van der Waals surface area contributed by atoms with E-state index in [0.717, 1.165) is 6.42 Å². The van der Waals surface area contributed by atoms with Crippen molar-refractivity contribution in [2.45, 2.75) is 33.6 Å². The van der Waals surface area contributed by atoms with Gasteiger partial charge in [0.2, 0.25) is 0 Å². The van der Waals surface area contributed by atoms with E-state index in [1.165, 1.54) is 22.7 Å². The molecular formula is C14H22S. The summed E-state index contributed by atoms with van der Waals surface area (Å²) in [6.45, 7) is 10.3. The summed E-state index contributed by atoms with van der Waals surface area (Å²) in [4.78, 5) is 1.28. The summed E-state index contributed by atoms with van der Waals surface area (Å²) in [6.07, 6.45) is 12.7. The first-order valence-corrected chi connectivity index (χ1v) is 6.52. The maximum absolute atomic E-state index is 3.73. The van der Waals surface area contributed by atoms with E-state index < -0.39 is 0 Å². The van der Waals surface area contributed by atoms with Crippen molar-refractivity contribution in [1.29, 1.82) is 0 Å². The fraction of sp³-hybridized carbons (Fsp3) is 0.429. The van der Waals surface area contributed by atoms with Crippen molar-refractivity contribution < 1.29 is 0 Å². The van der Waals surface area contributed by atoms with Crippen molar-refractivity contribution in [2.24, 2.45) is 0 Å². The van der Waals surface area contributed by atoms with Crippen molar-refractivity contribution in [3.63, 3.8) is 0 Å². The van der Waals surface area contributed by atoms with Gasteiger partial charge in [0.15, 0.2) is 0 Å². The Balaban J connectivity index is 4.28. The molecule has 0 atom stereocenters. The Kier molecular flexibility index (Phi) is 9.40. The minimum Gasteiger partial charge on any atom is -0.126 e. The van der Waals surface area contributed by atoms with Gasteiger partial charge in [-0.3, -0.25) is 0 Å². The Morgan fingerprint density at radius 3 is 2.53 bits per heavy atom. The summed E-state index contributed by atoms with van der Waals surface area (Å²) in [6, 6.07) is 0. The average Bonchev–Trinajstić information content (AvgIpc) is 2.25. The van der Waals surface area contributed by atoms with Crippen molar-refractivity contribution in [3.8, 4) is 0 Å². The summed E-state index contributed by atoms with van der Waals surface area (Å²) in [5.41, 5.74) is 1.41. The van der Waals surface area contributed by atoms with Gasteiger partial charge in [0.1, 0.15) is 0 Å². The van der Waals surface area contributed by atoms with Crippen LogP contribution in [0.25, 0.3) is 0 Å². The Morgan fingerprint density at radius 2 is 2.00 bits per heavy atom. The van der Waals surface area contributed by atoms with Gasteiger partial charge in [-0.15, -0.1) is 11.8 Å².